The van der Waals surface area contributed by atoms with Gasteiger partial charge < -0.3 is 10.6 Å². The van der Waals surface area contributed by atoms with Crippen LogP contribution in [0.25, 0.3) is 0 Å². The SMILES string of the molecule is CCCCc1ccc(NC(=O)CCC(=O)Nc2nnc(C(C)(C)C)s2)cc1. The van der Waals surface area contributed by atoms with Gasteiger partial charge in [-0.3, -0.25) is 9.59 Å². The number of aromatic nitrogens is 2. The molecule has 27 heavy (non-hydrogen) atoms. The van der Waals surface area contributed by atoms with Crippen LogP contribution in [-0.2, 0) is 21.4 Å². The van der Waals surface area contributed by atoms with Crippen molar-refractivity contribution in [3.05, 3.63) is 34.8 Å². The molecule has 1 aromatic carbocycles. The lowest BCUT2D eigenvalue weighted by atomic mass is 9.98. The molecule has 146 valence electrons. The van der Waals surface area contributed by atoms with Gasteiger partial charge in [0.25, 0.3) is 0 Å². The van der Waals surface area contributed by atoms with E-state index in [9.17, 15) is 9.59 Å². The first-order valence-electron chi connectivity index (χ1n) is 9.30. The number of nitrogens with one attached hydrogen (secondary N) is 2. The van der Waals surface area contributed by atoms with Gasteiger partial charge in [-0.15, -0.1) is 10.2 Å². The lowest BCUT2D eigenvalue weighted by Gasteiger charge is -2.12. The number of rotatable bonds is 8. The molecular formula is C20H28N4O2S. The Hall–Kier alpha value is -2.28. The Bertz CT molecular complexity index is 763. The Kier molecular flexibility index (Phi) is 7.47. The maximum atomic E-state index is 12.0. The van der Waals surface area contributed by atoms with Crippen molar-refractivity contribution in [3.63, 3.8) is 0 Å². The first-order valence-corrected chi connectivity index (χ1v) is 10.1. The number of benzene rings is 1. The van der Waals surface area contributed by atoms with Crippen molar-refractivity contribution in [2.45, 2.75) is 65.2 Å². The minimum atomic E-state index is -0.239. The molecule has 6 nitrogen and oxygen atoms in total. The largest absolute Gasteiger partial charge is 0.326 e. The summed E-state index contributed by atoms with van der Waals surface area (Å²) in [5, 5.41) is 14.9. The number of carbonyl (C=O) groups excluding carboxylic acids is 2. The molecule has 1 heterocycles. The van der Waals surface area contributed by atoms with Crippen LogP contribution < -0.4 is 10.6 Å². The molecule has 0 saturated heterocycles. The van der Waals surface area contributed by atoms with E-state index >= 15 is 0 Å². The van der Waals surface area contributed by atoms with Crippen molar-refractivity contribution in [2.75, 3.05) is 10.6 Å². The second-order valence-corrected chi connectivity index (χ2v) is 8.54. The van der Waals surface area contributed by atoms with E-state index in [1.807, 2.05) is 45.0 Å². The maximum absolute atomic E-state index is 12.0. The van der Waals surface area contributed by atoms with Crippen LogP contribution >= 0.6 is 11.3 Å². The molecule has 2 rings (SSSR count). The molecule has 2 N–H and O–H groups in total. The van der Waals surface area contributed by atoms with Gasteiger partial charge in [-0.1, -0.05) is 57.6 Å². The van der Waals surface area contributed by atoms with Crippen molar-refractivity contribution >= 4 is 34.0 Å². The van der Waals surface area contributed by atoms with Gasteiger partial charge in [0, 0.05) is 23.9 Å². The molecule has 2 aromatic rings. The van der Waals surface area contributed by atoms with Gasteiger partial charge in [0.2, 0.25) is 16.9 Å². The van der Waals surface area contributed by atoms with E-state index in [2.05, 4.69) is 27.8 Å². The fraction of sp³-hybridized carbons (Fsp3) is 0.500. The Balaban J connectivity index is 1.76. The molecule has 0 aliphatic carbocycles. The number of nitrogens with zero attached hydrogens (tertiary/aromatic N) is 2. The second-order valence-electron chi connectivity index (χ2n) is 7.56. The van der Waals surface area contributed by atoms with Crippen LogP contribution in [0.5, 0.6) is 0 Å². The molecule has 0 unspecified atom stereocenters. The van der Waals surface area contributed by atoms with Gasteiger partial charge in [0.05, 0.1) is 0 Å². The van der Waals surface area contributed by atoms with Crippen LogP contribution in [0.2, 0.25) is 0 Å². The highest BCUT2D eigenvalue weighted by atomic mass is 32.1. The molecule has 1 aromatic heterocycles. The third kappa shape index (κ3) is 7.09. The summed E-state index contributed by atoms with van der Waals surface area (Å²) in [5.74, 6) is -0.421. The zero-order valence-electron chi connectivity index (χ0n) is 16.5. The van der Waals surface area contributed by atoms with E-state index < -0.39 is 0 Å². The average molecular weight is 389 g/mol. The lowest BCUT2D eigenvalue weighted by Crippen LogP contribution is -2.17. The van der Waals surface area contributed by atoms with E-state index in [4.69, 9.17) is 0 Å². The van der Waals surface area contributed by atoms with Crippen molar-refractivity contribution in [1.29, 1.82) is 0 Å². The predicted molar refractivity (Wildman–Crippen MR) is 110 cm³/mol. The quantitative estimate of drug-likeness (QED) is 0.695. The van der Waals surface area contributed by atoms with Gasteiger partial charge in [0.15, 0.2) is 0 Å². The van der Waals surface area contributed by atoms with Crippen LogP contribution in [-0.4, -0.2) is 22.0 Å². The highest BCUT2D eigenvalue weighted by Gasteiger charge is 2.20. The van der Waals surface area contributed by atoms with E-state index in [0.29, 0.717) is 5.13 Å². The van der Waals surface area contributed by atoms with Crippen LogP contribution in [0.3, 0.4) is 0 Å². The maximum Gasteiger partial charge on any atom is 0.226 e. The van der Waals surface area contributed by atoms with Crippen LogP contribution in [0.1, 0.15) is 63.9 Å². The second kappa shape index (κ2) is 9.60. The van der Waals surface area contributed by atoms with Crippen molar-refractivity contribution < 1.29 is 9.59 Å². The molecule has 2 amide bonds. The fourth-order valence-electron chi connectivity index (χ4n) is 2.34. The van der Waals surface area contributed by atoms with Crippen LogP contribution in [0.15, 0.2) is 24.3 Å². The summed E-state index contributed by atoms with van der Waals surface area (Å²) in [6, 6.07) is 7.86. The summed E-state index contributed by atoms with van der Waals surface area (Å²) in [7, 11) is 0. The summed E-state index contributed by atoms with van der Waals surface area (Å²) < 4.78 is 0. The molecule has 0 bridgehead atoms. The summed E-state index contributed by atoms with van der Waals surface area (Å²) in [5.41, 5.74) is 1.91. The average Bonchev–Trinajstić information content (AvgIpc) is 3.08. The first-order chi connectivity index (χ1) is 12.8. The normalized spacial score (nSPS) is 11.3. The molecule has 0 spiro atoms. The van der Waals surface area contributed by atoms with E-state index in [-0.39, 0.29) is 30.1 Å². The predicted octanol–water partition coefficient (Wildman–Crippen LogP) is 4.54. The third-order valence-electron chi connectivity index (χ3n) is 3.95. The summed E-state index contributed by atoms with van der Waals surface area (Å²) in [6.07, 6.45) is 3.59. The number of hydrogen-bond acceptors (Lipinski definition) is 5. The third-order valence-corrected chi connectivity index (χ3v) is 5.21. The van der Waals surface area contributed by atoms with Crippen LogP contribution in [0.4, 0.5) is 10.8 Å². The molecule has 0 atom stereocenters. The summed E-state index contributed by atoms with van der Waals surface area (Å²) in [6.45, 7) is 8.29. The summed E-state index contributed by atoms with van der Waals surface area (Å²) >= 11 is 1.36. The topological polar surface area (TPSA) is 84.0 Å². The number of amides is 2. The van der Waals surface area contributed by atoms with E-state index in [1.54, 1.807) is 0 Å². The van der Waals surface area contributed by atoms with Gasteiger partial charge in [-0.25, -0.2) is 0 Å². The Labute approximate surface area is 164 Å². The first kappa shape index (κ1) is 21.0. The zero-order chi connectivity index (χ0) is 19.9. The zero-order valence-corrected chi connectivity index (χ0v) is 17.3. The van der Waals surface area contributed by atoms with Crippen LogP contribution in [0, 0.1) is 0 Å². The summed E-state index contributed by atoms with van der Waals surface area (Å²) in [4.78, 5) is 24.1. The fourth-order valence-corrected chi connectivity index (χ4v) is 3.16. The lowest BCUT2D eigenvalue weighted by molar-refractivity contribution is -0.121. The number of hydrogen-bond donors (Lipinski definition) is 2. The molecule has 0 aliphatic rings. The number of aryl methyl sites for hydroxylation is 1. The Morgan fingerprint density at radius 3 is 2.19 bits per heavy atom. The molecule has 0 saturated carbocycles. The standard InChI is InChI=1S/C20H28N4O2S/c1-5-6-7-14-8-10-15(11-9-14)21-16(25)12-13-17(26)22-19-24-23-18(27-19)20(2,3)4/h8-11H,5-7,12-13H2,1-4H3,(H,21,25)(H,22,24,26). The van der Waals surface area contributed by atoms with E-state index in [1.165, 1.54) is 16.9 Å². The number of carbonyl (C=O) groups is 2. The Morgan fingerprint density at radius 1 is 1.00 bits per heavy atom. The molecule has 0 radical (unpaired) electrons. The van der Waals surface area contributed by atoms with Gasteiger partial charge in [-0.05, 0) is 30.5 Å². The molecule has 0 fully saturated rings. The molecule has 7 heteroatoms. The minimum Gasteiger partial charge on any atom is -0.326 e. The van der Waals surface area contributed by atoms with E-state index in [0.717, 1.165) is 30.0 Å². The number of anilines is 2. The highest BCUT2D eigenvalue weighted by molar-refractivity contribution is 7.15. The monoisotopic (exact) mass is 388 g/mol. The van der Waals surface area contributed by atoms with Gasteiger partial charge in [-0.2, -0.15) is 0 Å². The highest BCUT2D eigenvalue weighted by Crippen LogP contribution is 2.27. The Morgan fingerprint density at radius 2 is 1.63 bits per heavy atom. The molecule has 0 aliphatic heterocycles. The van der Waals surface area contributed by atoms with Gasteiger partial charge >= 0.3 is 0 Å². The van der Waals surface area contributed by atoms with Crippen molar-refractivity contribution in [2.24, 2.45) is 0 Å². The van der Waals surface area contributed by atoms with Crippen molar-refractivity contribution in [1.82, 2.24) is 10.2 Å². The van der Waals surface area contributed by atoms with Crippen molar-refractivity contribution in [3.8, 4) is 0 Å². The van der Waals surface area contributed by atoms with Gasteiger partial charge in [0.1, 0.15) is 5.01 Å². The minimum absolute atomic E-state index is 0.102. The smallest absolute Gasteiger partial charge is 0.226 e. The number of unbranched alkanes of at least 4 members (excludes halogenated alkanes) is 1. The molecular weight excluding hydrogens is 360 g/mol.